The molecule has 0 unspecified atom stereocenters. The van der Waals surface area contributed by atoms with Crippen molar-refractivity contribution < 1.29 is 9.64 Å². The van der Waals surface area contributed by atoms with E-state index in [1.54, 1.807) is 11.9 Å². The van der Waals surface area contributed by atoms with Gasteiger partial charge < -0.3 is 15.0 Å². The van der Waals surface area contributed by atoms with Gasteiger partial charge in [-0.25, -0.2) is 4.79 Å². The number of anilines is 1. The fraction of sp³-hybridized carbons (Fsp3) is 0.450. The molecule has 1 aromatic carbocycles. The molecule has 0 spiro atoms. The van der Waals surface area contributed by atoms with Crippen molar-refractivity contribution in [3.63, 3.8) is 0 Å². The van der Waals surface area contributed by atoms with Crippen molar-refractivity contribution in [1.82, 2.24) is 19.1 Å². The van der Waals surface area contributed by atoms with Gasteiger partial charge in [0.05, 0.1) is 26.3 Å². The van der Waals surface area contributed by atoms with Crippen LogP contribution in [0.5, 0.6) is 0 Å². The lowest BCUT2D eigenvalue weighted by Gasteiger charge is -2.23. The van der Waals surface area contributed by atoms with Crippen LogP contribution in [-0.4, -0.2) is 58.5 Å². The van der Waals surface area contributed by atoms with Crippen LogP contribution >= 0.6 is 0 Å². The highest BCUT2D eigenvalue weighted by Crippen LogP contribution is 2.17. The molecular formula is C20H27N6O3+. The molecule has 1 aliphatic heterocycles. The highest BCUT2D eigenvalue weighted by molar-refractivity contribution is 5.74. The highest BCUT2D eigenvalue weighted by atomic mass is 16.5. The number of benzene rings is 1. The first-order valence-electron chi connectivity index (χ1n) is 10.0. The van der Waals surface area contributed by atoms with Gasteiger partial charge in [-0.05, 0) is 5.56 Å². The fourth-order valence-electron chi connectivity index (χ4n) is 3.74. The molecule has 9 nitrogen and oxygen atoms in total. The number of hydrogen-bond acceptors (Lipinski definition) is 5. The Morgan fingerprint density at radius 1 is 1.21 bits per heavy atom. The largest absolute Gasteiger partial charge is 0.370 e. The average molecular weight is 399 g/mol. The number of imidazole rings is 1. The van der Waals surface area contributed by atoms with Crippen molar-refractivity contribution in [3.05, 3.63) is 56.7 Å². The summed E-state index contributed by atoms with van der Waals surface area (Å²) in [6.07, 6.45) is 0.985. The summed E-state index contributed by atoms with van der Waals surface area (Å²) in [6.45, 7) is 6.05. The van der Waals surface area contributed by atoms with Crippen LogP contribution in [0.4, 0.5) is 5.95 Å². The molecule has 0 radical (unpaired) electrons. The van der Waals surface area contributed by atoms with E-state index in [0.29, 0.717) is 23.7 Å². The van der Waals surface area contributed by atoms with Gasteiger partial charge >= 0.3 is 5.69 Å². The van der Waals surface area contributed by atoms with E-state index in [4.69, 9.17) is 4.74 Å². The SMILES string of the molecule is Cn1c(=O)[nH]c(=O)c2c1nc(NCCC[NH+]1CCOCC1)n2Cc1ccccc1. The first-order chi connectivity index (χ1) is 14.1. The van der Waals surface area contributed by atoms with E-state index < -0.39 is 11.2 Å². The number of ether oxygens (including phenoxy) is 1. The molecule has 9 heteroatoms. The monoisotopic (exact) mass is 399 g/mol. The first-order valence-corrected chi connectivity index (χ1v) is 10.0. The Morgan fingerprint density at radius 2 is 1.97 bits per heavy atom. The molecule has 0 saturated carbocycles. The van der Waals surface area contributed by atoms with Crippen LogP contribution in [-0.2, 0) is 18.3 Å². The number of rotatable bonds is 7. The van der Waals surface area contributed by atoms with Crippen LogP contribution in [0.1, 0.15) is 12.0 Å². The lowest BCUT2D eigenvalue weighted by molar-refractivity contribution is -0.908. The molecule has 29 heavy (non-hydrogen) atoms. The molecule has 0 atom stereocenters. The summed E-state index contributed by atoms with van der Waals surface area (Å²) in [5, 5.41) is 3.38. The summed E-state index contributed by atoms with van der Waals surface area (Å²) in [5.41, 5.74) is 0.959. The van der Waals surface area contributed by atoms with Gasteiger partial charge in [-0.2, -0.15) is 4.98 Å². The smallest absolute Gasteiger partial charge is 0.329 e. The third-order valence-electron chi connectivity index (χ3n) is 5.38. The van der Waals surface area contributed by atoms with Crippen molar-refractivity contribution in [1.29, 1.82) is 0 Å². The van der Waals surface area contributed by atoms with E-state index >= 15 is 0 Å². The van der Waals surface area contributed by atoms with Crippen molar-refractivity contribution >= 4 is 17.1 Å². The number of fused-ring (bicyclic) bond motifs is 1. The maximum Gasteiger partial charge on any atom is 0.329 e. The van der Waals surface area contributed by atoms with E-state index in [0.717, 1.165) is 51.4 Å². The van der Waals surface area contributed by atoms with Crippen LogP contribution in [0, 0.1) is 0 Å². The Bertz CT molecular complexity index is 1080. The molecule has 1 aliphatic rings. The number of aryl methyl sites for hydroxylation is 1. The minimum Gasteiger partial charge on any atom is -0.370 e. The van der Waals surface area contributed by atoms with E-state index in [9.17, 15) is 9.59 Å². The molecule has 2 aromatic heterocycles. The topological polar surface area (TPSA) is 98.4 Å². The maximum absolute atomic E-state index is 12.5. The van der Waals surface area contributed by atoms with E-state index in [2.05, 4.69) is 15.3 Å². The number of morpholine rings is 1. The number of nitrogens with one attached hydrogen (secondary N) is 3. The molecule has 154 valence electrons. The van der Waals surface area contributed by atoms with E-state index in [1.807, 2.05) is 34.9 Å². The molecule has 0 bridgehead atoms. The van der Waals surface area contributed by atoms with Crippen LogP contribution < -0.4 is 21.5 Å². The molecule has 0 amide bonds. The molecule has 3 N–H and O–H groups in total. The van der Waals surface area contributed by atoms with Gasteiger partial charge in [0.25, 0.3) is 5.56 Å². The van der Waals surface area contributed by atoms with Gasteiger partial charge in [-0.15, -0.1) is 0 Å². The number of quaternary nitrogens is 1. The molecule has 3 heterocycles. The van der Waals surface area contributed by atoms with Crippen molar-refractivity contribution in [3.8, 4) is 0 Å². The van der Waals surface area contributed by atoms with Crippen LogP contribution in [0.3, 0.4) is 0 Å². The number of nitrogens with zero attached hydrogens (tertiary/aromatic N) is 3. The summed E-state index contributed by atoms with van der Waals surface area (Å²) in [7, 11) is 1.62. The quantitative estimate of drug-likeness (QED) is 0.452. The number of hydrogen-bond donors (Lipinski definition) is 3. The van der Waals surface area contributed by atoms with Gasteiger partial charge in [0.15, 0.2) is 11.2 Å². The second kappa shape index (κ2) is 8.62. The Labute approximate surface area is 167 Å². The van der Waals surface area contributed by atoms with Gasteiger partial charge in [0.1, 0.15) is 13.1 Å². The molecule has 4 rings (SSSR count). The Balaban J connectivity index is 1.58. The van der Waals surface area contributed by atoms with Crippen molar-refractivity contribution in [2.75, 3.05) is 44.7 Å². The summed E-state index contributed by atoms with van der Waals surface area (Å²) >= 11 is 0. The van der Waals surface area contributed by atoms with Gasteiger partial charge in [0.2, 0.25) is 5.95 Å². The summed E-state index contributed by atoms with van der Waals surface area (Å²) in [5.74, 6) is 0.604. The predicted octanol–water partition coefficient (Wildman–Crippen LogP) is -0.811. The summed E-state index contributed by atoms with van der Waals surface area (Å²) in [6, 6.07) is 9.90. The fourth-order valence-corrected chi connectivity index (χ4v) is 3.74. The number of aromatic nitrogens is 4. The lowest BCUT2D eigenvalue weighted by atomic mass is 10.2. The number of aromatic amines is 1. The predicted molar refractivity (Wildman–Crippen MR) is 111 cm³/mol. The highest BCUT2D eigenvalue weighted by Gasteiger charge is 2.18. The van der Waals surface area contributed by atoms with Gasteiger partial charge in [0, 0.05) is 20.0 Å². The van der Waals surface area contributed by atoms with Gasteiger partial charge in [-0.3, -0.25) is 18.9 Å². The zero-order valence-corrected chi connectivity index (χ0v) is 16.6. The standard InChI is InChI=1S/C20H26N6O3/c1-24-17-16(18(27)23-20(24)28)26(14-15-6-3-2-4-7-15)19(22-17)21-8-5-9-25-10-12-29-13-11-25/h2-4,6-7H,5,8-14H2,1H3,(H,21,22)(H,23,27,28)/p+1. The number of H-pyrrole nitrogens is 1. The van der Waals surface area contributed by atoms with Crippen LogP contribution in [0.15, 0.2) is 39.9 Å². The summed E-state index contributed by atoms with van der Waals surface area (Å²) in [4.78, 5) is 33.0. The molecule has 3 aromatic rings. The minimum atomic E-state index is -0.464. The first kappa shape index (κ1) is 19.4. The van der Waals surface area contributed by atoms with Crippen molar-refractivity contribution in [2.24, 2.45) is 7.05 Å². The van der Waals surface area contributed by atoms with Crippen molar-refractivity contribution in [2.45, 2.75) is 13.0 Å². The second-order valence-electron chi connectivity index (χ2n) is 7.39. The minimum absolute atomic E-state index is 0.385. The normalized spacial score (nSPS) is 15.1. The zero-order valence-electron chi connectivity index (χ0n) is 16.6. The van der Waals surface area contributed by atoms with Crippen LogP contribution in [0.2, 0.25) is 0 Å². The Morgan fingerprint density at radius 3 is 2.72 bits per heavy atom. The molecular weight excluding hydrogens is 372 g/mol. The Hall–Kier alpha value is -2.91. The van der Waals surface area contributed by atoms with Gasteiger partial charge in [-0.1, -0.05) is 30.3 Å². The molecule has 1 saturated heterocycles. The third-order valence-corrected chi connectivity index (χ3v) is 5.38. The second-order valence-corrected chi connectivity index (χ2v) is 7.39. The summed E-state index contributed by atoms with van der Waals surface area (Å²) < 4.78 is 8.63. The third kappa shape index (κ3) is 4.25. The molecule has 0 aliphatic carbocycles. The van der Waals surface area contributed by atoms with E-state index in [-0.39, 0.29) is 0 Å². The average Bonchev–Trinajstić information content (AvgIpc) is 3.10. The maximum atomic E-state index is 12.5. The Kier molecular flexibility index (Phi) is 5.77. The lowest BCUT2D eigenvalue weighted by Crippen LogP contribution is -3.14. The van der Waals surface area contributed by atoms with E-state index in [1.165, 1.54) is 4.57 Å². The zero-order chi connectivity index (χ0) is 20.2. The van der Waals surface area contributed by atoms with Crippen LogP contribution in [0.25, 0.3) is 11.2 Å². The molecule has 1 fully saturated rings.